The molecule has 0 aliphatic rings. The summed E-state index contributed by atoms with van der Waals surface area (Å²) in [6.45, 7) is 1.07. The van der Waals surface area contributed by atoms with Crippen LogP contribution in [0.3, 0.4) is 0 Å². The molecule has 0 radical (unpaired) electrons. The smallest absolute Gasteiger partial charge is 0.274 e. The van der Waals surface area contributed by atoms with Gasteiger partial charge in [-0.1, -0.05) is 12.1 Å². The minimum Gasteiger partial charge on any atom is -0.383 e. The summed E-state index contributed by atoms with van der Waals surface area (Å²) in [5.41, 5.74) is 0.253. The number of rotatable bonds is 6. The Bertz CT molecular complexity index is 621. The molecule has 1 aromatic heterocycles. The number of para-hydroxylation sites is 1. The van der Waals surface area contributed by atoms with Gasteiger partial charge >= 0.3 is 0 Å². The van der Waals surface area contributed by atoms with Crippen LogP contribution in [0.4, 0.5) is 15.9 Å². The van der Waals surface area contributed by atoms with Crippen molar-refractivity contribution in [2.24, 2.45) is 0 Å². The lowest BCUT2D eigenvalue weighted by molar-refractivity contribution is 0.102. The van der Waals surface area contributed by atoms with E-state index in [2.05, 4.69) is 20.6 Å². The lowest BCUT2D eigenvalue weighted by Gasteiger charge is -2.07. The number of benzene rings is 1. The highest BCUT2D eigenvalue weighted by molar-refractivity contribution is 6.03. The van der Waals surface area contributed by atoms with Crippen LogP contribution in [0.1, 0.15) is 10.5 Å². The number of nitrogens with zero attached hydrogens (tertiary/aromatic N) is 2. The summed E-state index contributed by atoms with van der Waals surface area (Å²) in [6.07, 6.45) is 1.27. The molecule has 2 aromatic rings. The molecule has 7 heteroatoms. The van der Waals surface area contributed by atoms with Crippen molar-refractivity contribution in [2.45, 2.75) is 0 Å². The van der Waals surface area contributed by atoms with E-state index in [0.717, 1.165) is 0 Å². The molecule has 1 heterocycles. The van der Waals surface area contributed by atoms with Crippen LogP contribution >= 0.6 is 0 Å². The predicted molar refractivity (Wildman–Crippen MR) is 76.8 cm³/mol. The number of carbonyl (C=O) groups excluding carboxylic acids is 1. The highest BCUT2D eigenvalue weighted by Crippen LogP contribution is 2.14. The lowest BCUT2D eigenvalue weighted by Crippen LogP contribution is -2.16. The molecule has 0 aliphatic carbocycles. The second kappa shape index (κ2) is 7.30. The molecule has 2 N–H and O–H groups in total. The molecule has 0 spiro atoms. The molecule has 0 saturated carbocycles. The van der Waals surface area contributed by atoms with Crippen molar-refractivity contribution in [3.8, 4) is 0 Å². The van der Waals surface area contributed by atoms with Gasteiger partial charge in [-0.05, 0) is 12.1 Å². The van der Waals surface area contributed by atoms with Crippen molar-refractivity contribution in [3.05, 3.63) is 48.2 Å². The Balaban J connectivity index is 2.05. The second-order valence-electron chi connectivity index (χ2n) is 4.14. The highest BCUT2D eigenvalue weighted by Gasteiger charge is 2.11. The van der Waals surface area contributed by atoms with Gasteiger partial charge in [0.1, 0.15) is 23.7 Å². The predicted octanol–water partition coefficient (Wildman–Crippen LogP) is 1.93. The molecule has 1 amide bonds. The Morgan fingerprint density at radius 3 is 2.90 bits per heavy atom. The maximum absolute atomic E-state index is 13.5. The van der Waals surface area contributed by atoms with Gasteiger partial charge in [-0.25, -0.2) is 14.4 Å². The molecule has 1 aromatic carbocycles. The zero-order valence-corrected chi connectivity index (χ0v) is 11.5. The highest BCUT2D eigenvalue weighted by atomic mass is 19.1. The second-order valence-corrected chi connectivity index (χ2v) is 4.14. The monoisotopic (exact) mass is 290 g/mol. The van der Waals surface area contributed by atoms with Crippen LogP contribution in [0.15, 0.2) is 36.7 Å². The van der Waals surface area contributed by atoms with Gasteiger partial charge in [-0.2, -0.15) is 0 Å². The first-order valence-electron chi connectivity index (χ1n) is 6.31. The van der Waals surface area contributed by atoms with E-state index < -0.39 is 11.7 Å². The first kappa shape index (κ1) is 14.9. The number of halogens is 1. The van der Waals surface area contributed by atoms with E-state index in [9.17, 15) is 9.18 Å². The van der Waals surface area contributed by atoms with Crippen molar-refractivity contribution in [3.63, 3.8) is 0 Å². The Morgan fingerprint density at radius 1 is 1.33 bits per heavy atom. The summed E-state index contributed by atoms with van der Waals surface area (Å²) >= 11 is 0. The fraction of sp³-hybridized carbons (Fsp3) is 0.214. The number of hydrogen-bond donors (Lipinski definition) is 2. The number of amides is 1. The van der Waals surface area contributed by atoms with Gasteiger partial charge in [-0.15, -0.1) is 0 Å². The van der Waals surface area contributed by atoms with Gasteiger partial charge < -0.3 is 15.4 Å². The van der Waals surface area contributed by atoms with Gasteiger partial charge in [-0.3, -0.25) is 4.79 Å². The number of anilines is 2. The number of carbonyl (C=O) groups is 1. The third-order valence-corrected chi connectivity index (χ3v) is 2.63. The van der Waals surface area contributed by atoms with E-state index >= 15 is 0 Å². The Morgan fingerprint density at radius 2 is 2.14 bits per heavy atom. The van der Waals surface area contributed by atoms with Crippen LogP contribution in [0.25, 0.3) is 0 Å². The molecule has 110 valence electrons. The van der Waals surface area contributed by atoms with Gasteiger partial charge in [0.2, 0.25) is 0 Å². The minimum atomic E-state index is -0.503. The largest absolute Gasteiger partial charge is 0.383 e. The maximum atomic E-state index is 13.5. The number of ether oxygens (including phenoxy) is 1. The molecule has 0 saturated heterocycles. The first-order valence-corrected chi connectivity index (χ1v) is 6.31. The SMILES string of the molecule is COCCNc1cc(C(=O)Nc2ccccc2F)ncn1. The zero-order valence-electron chi connectivity index (χ0n) is 11.5. The van der Waals surface area contributed by atoms with Crippen molar-refractivity contribution in [1.29, 1.82) is 0 Å². The summed E-state index contributed by atoms with van der Waals surface area (Å²) in [6, 6.07) is 7.43. The number of methoxy groups -OCH3 is 1. The van der Waals surface area contributed by atoms with Gasteiger partial charge in [0, 0.05) is 19.7 Å². The molecule has 0 bridgehead atoms. The molecule has 21 heavy (non-hydrogen) atoms. The molecule has 2 rings (SSSR count). The molecule has 6 nitrogen and oxygen atoms in total. The number of aromatic nitrogens is 2. The summed E-state index contributed by atoms with van der Waals surface area (Å²) in [4.78, 5) is 19.9. The van der Waals surface area contributed by atoms with E-state index in [1.165, 1.54) is 24.5 Å². The van der Waals surface area contributed by atoms with Crippen LogP contribution in [0, 0.1) is 5.82 Å². The third kappa shape index (κ3) is 4.22. The average molecular weight is 290 g/mol. The first-order chi connectivity index (χ1) is 10.2. The van der Waals surface area contributed by atoms with Crippen molar-refractivity contribution < 1.29 is 13.9 Å². The fourth-order valence-electron chi connectivity index (χ4n) is 1.61. The summed E-state index contributed by atoms with van der Waals surface area (Å²) in [5.74, 6) is -0.503. The van der Waals surface area contributed by atoms with E-state index in [0.29, 0.717) is 19.0 Å². The van der Waals surface area contributed by atoms with Gasteiger partial charge in [0.05, 0.1) is 12.3 Å². The quantitative estimate of drug-likeness (QED) is 0.795. The Labute approximate surface area is 121 Å². The standard InChI is InChI=1S/C14H15FN4O2/c1-21-7-6-16-13-8-12(17-9-18-13)14(20)19-11-5-3-2-4-10(11)15/h2-5,8-9H,6-7H2,1H3,(H,19,20)(H,16,17,18). The van der Waals surface area contributed by atoms with Crippen molar-refractivity contribution >= 4 is 17.4 Å². The minimum absolute atomic E-state index is 0.106. The fourth-order valence-corrected chi connectivity index (χ4v) is 1.61. The van der Waals surface area contributed by atoms with Crippen LogP contribution in [0.2, 0.25) is 0 Å². The summed E-state index contributed by atoms with van der Waals surface area (Å²) < 4.78 is 18.4. The average Bonchev–Trinajstić information content (AvgIpc) is 2.50. The number of hydrogen-bond acceptors (Lipinski definition) is 5. The summed E-state index contributed by atoms with van der Waals surface area (Å²) in [5, 5.41) is 5.45. The normalized spacial score (nSPS) is 10.2. The molecule has 0 atom stereocenters. The van der Waals surface area contributed by atoms with E-state index in [-0.39, 0.29) is 11.4 Å². The molecular formula is C14H15FN4O2. The van der Waals surface area contributed by atoms with Gasteiger partial charge in [0.15, 0.2) is 0 Å². The van der Waals surface area contributed by atoms with Crippen LogP contribution in [-0.2, 0) is 4.74 Å². The zero-order chi connectivity index (χ0) is 15.1. The molecule has 0 fully saturated rings. The number of nitrogens with one attached hydrogen (secondary N) is 2. The lowest BCUT2D eigenvalue weighted by atomic mass is 10.3. The Kier molecular flexibility index (Phi) is 5.16. The van der Waals surface area contributed by atoms with Crippen molar-refractivity contribution in [1.82, 2.24) is 9.97 Å². The van der Waals surface area contributed by atoms with Gasteiger partial charge in [0.25, 0.3) is 5.91 Å². The van der Waals surface area contributed by atoms with Crippen molar-refractivity contribution in [2.75, 3.05) is 30.9 Å². The topological polar surface area (TPSA) is 76.1 Å². The maximum Gasteiger partial charge on any atom is 0.274 e. The van der Waals surface area contributed by atoms with Crippen LogP contribution in [0.5, 0.6) is 0 Å². The third-order valence-electron chi connectivity index (χ3n) is 2.63. The molecular weight excluding hydrogens is 275 g/mol. The van der Waals surface area contributed by atoms with Crippen LogP contribution in [-0.4, -0.2) is 36.1 Å². The Hall–Kier alpha value is -2.54. The van der Waals surface area contributed by atoms with E-state index in [1.807, 2.05) is 0 Å². The van der Waals surface area contributed by atoms with E-state index in [4.69, 9.17) is 4.74 Å². The molecule has 0 aliphatic heterocycles. The summed E-state index contributed by atoms with van der Waals surface area (Å²) in [7, 11) is 1.59. The van der Waals surface area contributed by atoms with E-state index in [1.54, 1.807) is 19.2 Å². The van der Waals surface area contributed by atoms with Crippen LogP contribution < -0.4 is 10.6 Å². The molecule has 0 unspecified atom stereocenters.